The van der Waals surface area contributed by atoms with Crippen LogP contribution in [0.25, 0.3) is 0 Å². The average molecular weight is 170 g/mol. The van der Waals surface area contributed by atoms with E-state index in [1.165, 1.54) is 19.5 Å². The van der Waals surface area contributed by atoms with Crippen LogP contribution in [0.1, 0.15) is 27.2 Å². The number of hydrogen-bond donors (Lipinski definition) is 2. The van der Waals surface area contributed by atoms with Crippen molar-refractivity contribution in [2.75, 3.05) is 19.6 Å². The maximum Gasteiger partial charge on any atom is 0.0215 e. The lowest BCUT2D eigenvalue weighted by Crippen LogP contribution is -2.46. The van der Waals surface area contributed by atoms with Crippen molar-refractivity contribution in [3.63, 3.8) is 0 Å². The van der Waals surface area contributed by atoms with Gasteiger partial charge in [0.15, 0.2) is 0 Å². The van der Waals surface area contributed by atoms with Gasteiger partial charge in [0.1, 0.15) is 0 Å². The lowest BCUT2D eigenvalue weighted by Gasteiger charge is -2.27. The highest BCUT2D eigenvalue weighted by atomic mass is 15.0. The molecule has 0 amide bonds. The second kappa shape index (κ2) is 4.83. The zero-order valence-corrected chi connectivity index (χ0v) is 8.56. The van der Waals surface area contributed by atoms with E-state index >= 15 is 0 Å². The van der Waals surface area contributed by atoms with E-state index in [-0.39, 0.29) is 0 Å². The lowest BCUT2D eigenvalue weighted by molar-refractivity contribution is 0.320. The van der Waals surface area contributed by atoms with Gasteiger partial charge in [0.25, 0.3) is 0 Å². The molecule has 0 radical (unpaired) electrons. The van der Waals surface area contributed by atoms with E-state index in [9.17, 15) is 0 Å². The smallest absolute Gasteiger partial charge is 0.0215 e. The van der Waals surface area contributed by atoms with E-state index in [0.29, 0.717) is 6.04 Å². The molecule has 2 unspecified atom stereocenters. The standard InChI is InChI=1S/C10H22N2/c1-8(2)10-7-11-5-4-9(3)6-12-10/h8-12H,4-7H2,1-3H3. The summed E-state index contributed by atoms with van der Waals surface area (Å²) in [6.45, 7) is 10.4. The molecule has 0 aromatic carbocycles. The maximum atomic E-state index is 3.61. The molecule has 1 heterocycles. The summed E-state index contributed by atoms with van der Waals surface area (Å²) in [5, 5.41) is 7.09. The molecule has 1 aliphatic rings. The molecular formula is C10H22N2. The molecule has 0 saturated carbocycles. The van der Waals surface area contributed by atoms with E-state index in [0.717, 1.165) is 18.4 Å². The third kappa shape index (κ3) is 3.11. The van der Waals surface area contributed by atoms with Crippen LogP contribution >= 0.6 is 0 Å². The average Bonchev–Trinajstić information content (AvgIpc) is 1.97. The van der Waals surface area contributed by atoms with Crippen LogP contribution in [0, 0.1) is 11.8 Å². The molecule has 1 saturated heterocycles. The quantitative estimate of drug-likeness (QED) is 0.618. The minimum absolute atomic E-state index is 0.660. The van der Waals surface area contributed by atoms with Crippen LogP contribution in [0.5, 0.6) is 0 Å². The molecular weight excluding hydrogens is 148 g/mol. The SMILES string of the molecule is CC1CCNCC(C(C)C)NC1. The summed E-state index contributed by atoms with van der Waals surface area (Å²) < 4.78 is 0. The van der Waals surface area contributed by atoms with Crippen LogP contribution < -0.4 is 10.6 Å². The van der Waals surface area contributed by atoms with Crippen LogP contribution in [-0.4, -0.2) is 25.7 Å². The molecule has 1 rings (SSSR count). The first-order valence-corrected chi connectivity index (χ1v) is 5.14. The molecule has 72 valence electrons. The third-order valence-electron chi connectivity index (χ3n) is 2.71. The first-order chi connectivity index (χ1) is 5.70. The van der Waals surface area contributed by atoms with Crippen LogP contribution in [-0.2, 0) is 0 Å². The van der Waals surface area contributed by atoms with E-state index in [2.05, 4.69) is 31.4 Å². The fraction of sp³-hybridized carbons (Fsp3) is 1.00. The van der Waals surface area contributed by atoms with Crippen molar-refractivity contribution in [2.24, 2.45) is 11.8 Å². The first-order valence-electron chi connectivity index (χ1n) is 5.14. The Morgan fingerprint density at radius 2 is 2.00 bits per heavy atom. The predicted octanol–water partition coefficient (Wildman–Crippen LogP) is 1.23. The highest BCUT2D eigenvalue weighted by molar-refractivity contribution is 4.76. The van der Waals surface area contributed by atoms with Crippen molar-refractivity contribution in [1.82, 2.24) is 10.6 Å². The summed E-state index contributed by atoms with van der Waals surface area (Å²) in [4.78, 5) is 0. The van der Waals surface area contributed by atoms with Crippen molar-refractivity contribution in [2.45, 2.75) is 33.2 Å². The van der Waals surface area contributed by atoms with Gasteiger partial charge in [-0.25, -0.2) is 0 Å². The normalized spacial score (nSPS) is 33.0. The summed E-state index contributed by atoms with van der Waals surface area (Å²) >= 11 is 0. The monoisotopic (exact) mass is 170 g/mol. The van der Waals surface area contributed by atoms with Gasteiger partial charge in [-0.3, -0.25) is 0 Å². The van der Waals surface area contributed by atoms with Crippen LogP contribution in [0.3, 0.4) is 0 Å². The Morgan fingerprint density at radius 3 is 2.67 bits per heavy atom. The van der Waals surface area contributed by atoms with Gasteiger partial charge in [-0.1, -0.05) is 20.8 Å². The Morgan fingerprint density at radius 1 is 1.25 bits per heavy atom. The zero-order chi connectivity index (χ0) is 8.97. The van der Waals surface area contributed by atoms with Crippen molar-refractivity contribution in [3.8, 4) is 0 Å². The summed E-state index contributed by atoms with van der Waals surface area (Å²) in [7, 11) is 0. The molecule has 1 aliphatic heterocycles. The molecule has 0 aromatic heterocycles. The van der Waals surface area contributed by atoms with Crippen molar-refractivity contribution in [1.29, 1.82) is 0 Å². The highest BCUT2D eigenvalue weighted by Crippen LogP contribution is 2.06. The van der Waals surface area contributed by atoms with Crippen molar-refractivity contribution < 1.29 is 0 Å². The van der Waals surface area contributed by atoms with Gasteiger partial charge < -0.3 is 10.6 Å². The Balaban J connectivity index is 2.34. The Bertz CT molecular complexity index is 123. The van der Waals surface area contributed by atoms with E-state index in [4.69, 9.17) is 0 Å². The number of nitrogens with one attached hydrogen (secondary N) is 2. The highest BCUT2D eigenvalue weighted by Gasteiger charge is 2.15. The summed E-state index contributed by atoms with van der Waals surface area (Å²) in [5.41, 5.74) is 0. The van der Waals surface area contributed by atoms with E-state index in [1.54, 1.807) is 0 Å². The summed E-state index contributed by atoms with van der Waals surface area (Å²) in [6, 6.07) is 0.660. The lowest BCUT2D eigenvalue weighted by atomic mass is 10.0. The molecule has 2 nitrogen and oxygen atoms in total. The van der Waals surface area contributed by atoms with Crippen molar-refractivity contribution >= 4 is 0 Å². The molecule has 2 N–H and O–H groups in total. The molecule has 1 fully saturated rings. The number of rotatable bonds is 1. The largest absolute Gasteiger partial charge is 0.315 e. The van der Waals surface area contributed by atoms with Gasteiger partial charge in [-0.2, -0.15) is 0 Å². The van der Waals surface area contributed by atoms with Gasteiger partial charge in [0.05, 0.1) is 0 Å². The number of hydrogen-bond acceptors (Lipinski definition) is 2. The topological polar surface area (TPSA) is 24.1 Å². The fourth-order valence-electron chi connectivity index (χ4n) is 1.60. The molecule has 2 atom stereocenters. The predicted molar refractivity (Wildman–Crippen MR) is 53.3 cm³/mol. The van der Waals surface area contributed by atoms with Crippen molar-refractivity contribution in [3.05, 3.63) is 0 Å². The minimum atomic E-state index is 0.660. The molecule has 0 aliphatic carbocycles. The Labute approximate surface area is 76.1 Å². The van der Waals surface area contributed by atoms with Gasteiger partial charge >= 0.3 is 0 Å². The minimum Gasteiger partial charge on any atom is -0.315 e. The molecule has 0 spiro atoms. The zero-order valence-electron chi connectivity index (χ0n) is 8.56. The Hall–Kier alpha value is -0.0800. The van der Waals surface area contributed by atoms with Crippen LogP contribution in [0.15, 0.2) is 0 Å². The first kappa shape index (κ1) is 10.0. The van der Waals surface area contributed by atoms with E-state index < -0.39 is 0 Å². The maximum absolute atomic E-state index is 3.61. The second-order valence-electron chi connectivity index (χ2n) is 4.36. The fourth-order valence-corrected chi connectivity index (χ4v) is 1.60. The molecule has 2 heteroatoms. The van der Waals surface area contributed by atoms with Gasteiger partial charge in [-0.15, -0.1) is 0 Å². The van der Waals surface area contributed by atoms with Crippen LogP contribution in [0.2, 0.25) is 0 Å². The molecule has 12 heavy (non-hydrogen) atoms. The summed E-state index contributed by atoms with van der Waals surface area (Å²) in [6.07, 6.45) is 1.30. The van der Waals surface area contributed by atoms with Gasteiger partial charge in [-0.05, 0) is 31.3 Å². The van der Waals surface area contributed by atoms with Gasteiger partial charge in [0, 0.05) is 12.6 Å². The molecule has 0 aromatic rings. The van der Waals surface area contributed by atoms with Gasteiger partial charge in [0.2, 0.25) is 0 Å². The van der Waals surface area contributed by atoms with E-state index in [1.807, 2.05) is 0 Å². The summed E-state index contributed by atoms with van der Waals surface area (Å²) in [5.74, 6) is 1.56. The third-order valence-corrected chi connectivity index (χ3v) is 2.71. The molecule has 0 bridgehead atoms. The Kier molecular flexibility index (Phi) is 4.02. The second-order valence-corrected chi connectivity index (χ2v) is 4.36. The van der Waals surface area contributed by atoms with Crippen LogP contribution in [0.4, 0.5) is 0 Å².